The first kappa shape index (κ1) is 16.5. The van der Waals surface area contributed by atoms with E-state index in [9.17, 15) is 0 Å². The average molecular weight is 381 g/mol. The van der Waals surface area contributed by atoms with Crippen LogP contribution in [0.3, 0.4) is 0 Å². The minimum atomic E-state index is 0.102. The molecule has 0 bridgehead atoms. The fourth-order valence-corrected chi connectivity index (χ4v) is 5.32. The van der Waals surface area contributed by atoms with E-state index in [1.165, 1.54) is 22.3 Å². The van der Waals surface area contributed by atoms with Gasteiger partial charge in [0.15, 0.2) is 23.0 Å². The molecule has 0 unspecified atom stereocenters. The standard InChI is InChI=1S/C22H23NO5/c1-3-24-19-7-12-6-17-18(27-10-26-17)8-14(12)21-20(19)13-4-5-16-22(28-11-25-16)15(13)9-23(21)2/h4-6,8,19-21H,3,7,9-11H2,1-2H3/t19-,20-,21+/m0/s1. The molecule has 2 aromatic rings. The average Bonchev–Trinajstić information content (AvgIpc) is 3.35. The lowest BCUT2D eigenvalue weighted by molar-refractivity contribution is 0.000531. The minimum Gasteiger partial charge on any atom is -0.454 e. The van der Waals surface area contributed by atoms with Gasteiger partial charge in [-0.3, -0.25) is 4.90 Å². The fourth-order valence-electron chi connectivity index (χ4n) is 5.32. The number of nitrogens with zero attached hydrogens (tertiary/aromatic N) is 1. The lowest BCUT2D eigenvalue weighted by atomic mass is 9.70. The first-order valence-corrected chi connectivity index (χ1v) is 9.90. The molecule has 6 heteroatoms. The third-order valence-electron chi connectivity index (χ3n) is 6.42. The van der Waals surface area contributed by atoms with E-state index in [-0.39, 0.29) is 18.1 Å². The van der Waals surface area contributed by atoms with Crippen molar-refractivity contribution < 1.29 is 23.7 Å². The Morgan fingerprint density at radius 2 is 1.79 bits per heavy atom. The second-order valence-electron chi connectivity index (χ2n) is 7.86. The molecule has 6 rings (SSSR count). The zero-order valence-electron chi connectivity index (χ0n) is 16.1. The monoisotopic (exact) mass is 381 g/mol. The highest BCUT2D eigenvalue weighted by molar-refractivity contribution is 5.58. The van der Waals surface area contributed by atoms with E-state index in [0.29, 0.717) is 20.2 Å². The molecule has 0 N–H and O–H groups in total. The Bertz CT molecular complexity index is 958. The topological polar surface area (TPSA) is 49.4 Å². The fraction of sp³-hybridized carbons (Fsp3) is 0.455. The van der Waals surface area contributed by atoms with Crippen molar-refractivity contribution in [3.63, 3.8) is 0 Å². The Kier molecular flexibility index (Phi) is 3.55. The third kappa shape index (κ3) is 2.22. The number of benzene rings is 2. The maximum Gasteiger partial charge on any atom is 0.231 e. The third-order valence-corrected chi connectivity index (χ3v) is 6.42. The van der Waals surface area contributed by atoms with Crippen LogP contribution in [0.4, 0.5) is 0 Å². The SMILES string of the molecule is CCO[C@H]1Cc2cc3c(cc2[C@@H]2[C@H]1c1ccc4c(c1CN2C)OCO4)OCO3. The summed E-state index contributed by atoms with van der Waals surface area (Å²) in [5.74, 6) is 3.66. The van der Waals surface area contributed by atoms with Gasteiger partial charge in [-0.15, -0.1) is 0 Å². The molecule has 28 heavy (non-hydrogen) atoms. The summed E-state index contributed by atoms with van der Waals surface area (Å²) in [4.78, 5) is 2.40. The number of fused-ring (bicyclic) bond motifs is 8. The maximum absolute atomic E-state index is 6.28. The summed E-state index contributed by atoms with van der Waals surface area (Å²) in [6.07, 6.45) is 0.965. The Morgan fingerprint density at radius 3 is 2.64 bits per heavy atom. The summed E-state index contributed by atoms with van der Waals surface area (Å²) in [5.41, 5.74) is 5.15. The molecule has 0 aromatic heterocycles. The molecule has 0 spiro atoms. The lowest BCUT2D eigenvalue weighted by Crippen LogP contribution is -2.44. The van der Waals surface area contributed by atoms with Gasteiger partial charge in [0.2, 0.25) is 13.6 Å². The summed E-state index contributed by atoms with van der Waals surface area (Å²) in [6.45, 7) is 4.17. The molecule has 0 saturated carbocycles. The second-order valence-corrected chi connectivity index (χ2v) is 7.86. The van der Waals surface area contributed by atoms with Crippen LogP contribution in [-0.4, -0.2) is 38.2 Å². The summed E-state index contributed by atoms with van der Waals surface area (Å²) < 4.78 is 29.0. The van der Waals surface area contributed by atoms with E-state index in [1.54, 1.807) is 0 Å². The van der Waals surface area contributed by atoms with Crippen LogP contribution in [0.2, 0.25) is 0 Å². The molecule has 1 aliphatic carbocycles. The highest BCUT2D eigenvalue weighted by Crippen LogP contribution is 2.54. The Morgan fingerprint density at radius 1 is 1.00 bits per heavy atom. The largest absolute Gasteiger partial charge is 0.454 e. The van der Waals surface area contributed by atoms with Crippen LogP contribution < -0.4 is 18.9 Å². The number of likely N-dealkylation sites (N-methyl/N-ethyl adjacent to an activating group) is 1. The van der Waals surface area contributed by atoms with Crippen LogP contribution in [0.1, 0.15) is 41.1 Å². The van der Waals surface area contributed by atoms with Gasteiger partial charge in [0.05, 0.1) is 6.10 Å². The Balaban J connectivity index is 1.53. The highest BCUT2D eigenvalue weighted by Gasteiger charge is 2.46. The van der Waals surface area contributed by atoms with Gasteiger partial charge in [-0.25, -0.2) is 0 Å². The van der Waals surface area contributed by atoms with Gasteiger partial charge in [-0.1, -0.05) is 6.07 Å². The molecule has 0 fully saturated rings. The zero-order chi connectivity index (χ0) is 18.8. The van der Waals surface area contributed by atoms with E-state index < -0.39 is 0 Å². The molecule has 0 amide bonds. The van der Waals surface area contributed by atoms with E-state index in [0.717, 1.165) is 36.0 Å². The van der Waals surface area contributed by atoms with Crippen molar-refractivity contribution in [2.45, 2.75) is 38.0 Å². The molecule has 3 aliphatic heterocycles. The quantitative estimate of drug-likeness (QED) is 0.795. The van der Waals surface area contributed by atoms with E-state index in [2.05, 4.69) is 37.1 Å². The summed E-state index contributed by atoms with van der Waals surface area (Å²) in [7, 11) is 2.18. The molecule has 4 aliphatic rings. The van der Waals surface area contributed by atoms with Gasteiger partial charge in [0.25, 0.3) is 0 Å². The normalized spacial score (nSPS) is 26.6. The molecule has 6 nitrogen and oxygen atoms in total. The van der Waals surface area contributed by atoms with Gasteiger partial charge >= 0.3 is 0 Å². The molecule has 3 heterocycles. The molecular weight excluding hydrogens is 358 g/mol. The maximum atomic E-state index is 6.28. The van der Waals surface area contributed by atoms with Crippen LogP contribution >= 0.6 is 0 Å². The van der Waals surface area contributed by atoms with E-state index in [1.807, 2.05) is 6.07 Å². The molecule has 3 atom stereocenters. The molecule has 146 valence electrons. The Hall–Kier alpha value is -2.44. The zero-order valence-corrected chi connectivity index (χ0v) is 16.1. The summed E-state index contributed by atoms with van der Waals surface area (Å²) >= 11 is 0. The van der Waals surface area contributed by atoms with Crippen LogP contribution in [0, 0.1) is 0 Å². The first-order valence-electron chi connectivity index (χ1n) is 9.90. The van der Waals surface area contributed by atoms with Crippen LogP contribution in [0.15, 0.2) is 24.3 Å². The van der Waals surface area contributed by atoms with Crippen molar-refractivity contribution in [3.8, 4) is 23.0 Å². The van der Waals surface area contributed by atoms with Crippen molar-refractivity contribution in [3.05, 3.63) is 46.5 Å². The predicted molar refractivity (Wildman–Crippen MR) is 101 cm³/mol. The smallest absolute Gasteiger partial charge is 0.231 e. The van der Waals surface area contributed by atoms with E-state index in [4.69, 9.17) is 23.7 Å². The summed E-state index contributed by atoms with van der Waals surface area (Å²) in [5, 5.41) is 0. The van der Waals surface area contributed by atoms with Crippen LogP contribution in [0.25, 0.3) is 0 Å². The van der Waals surface area contributed by atoms with E-state index >= 15 is 0 Å². The molecular formula is C22H23NO5. The highest BCUT2D eigenvalue weighted by atomic mass is 16.7. The van der Waals surface area contributed by atoms with Gasteiger partial charge in [-0.05, 0) is 55.3 Å². The van der Waals surface area contributed by atoms with Gasteiger partial charge in [-0.2, -0.15) is 0 Å². The second kappa shape index (κ2) is 6.03. The number of hydrogen-bond acceptors (Lipinski definition) is 6. The Labute approximate surface area is 163 Å². The van der Waals surface area contributed by atoms with Crippen LogP contribution in [-0.2, 0) is 17.7 Å². The predicted octanol–water partition coefficient (Wildman–Crippen LogP) is 3.38. The van der Waals surface area contributed by atoms with Gasteiger partial charge in [0.1, 0.15) is 0 Å². The molecule has 0 radical (unpaired) electrons. The van der Waals surface area contributed by atoms with Gasteiger partial charge in [0, 0.05) is 30.7 Å². The number of rotatable bonds is 2. The molecule has 2 aromatic carbocycles. The van der Waals surface area contributed by atoms with Crippen molar-refractivity contribution in [2.75, 3.05) is 27.2 Å². The lowest BCUT2D eigenvalue weighted by Gasteiger charge is -2.47. The number of hydrogen-bond donors (Lipinski definition) is 0. The van der Waals surface area contributed by atoms with Crippen LogP contribution in [0.5, 0.6) is 23.0 Å². The summed E-state index contributed by atoms with van der Waals surface area (Å²) in [6, 6.07) is 8.79. The minimum absolute atomic E-state index is 0.102. The molecule has 0 saturated heterocycles. The van der Waals surface area contributed by atoms with Crippen molar-refractivity contribution in [1.82, 2.24) is 4.90 Å². The van der Waals surface area contributed by atoms with Crippen molar-refractivity contribution >= 4 is 0 Å². The van der Waals surface area contributed by atoms with Crippen molar-refractivity contribution in [1.29, 1.82) is 0 Å². The number of ether oxygens (including phenoxy) is 5. The first-order chi connectivity index (χ1) is 13.7. The van der Waals surface area contributed by atoms with Gasteiger partial charge < -0.3 is 23.7 Å². The van der Waals surface area contributed by atoms with Crippen molar-refractivity contribution in [2.24, 2.45) is 0 Å².